The Labute approximate surface area is 134 Å². The molecule has 1 saturated heterocycles. The largest absolute Gasteiger partial charge is 0.449 e. The highest BCUT2D eigenvalue weighted by molar-refractivity contribution is 6.07. The molecule has 0 aliphatic carbocycles. The summed E-state index contributed by atoms with van der Waals surface area (Å²) in [5, 5.41) is 0.513. The fraction of sp³-hybridized carbons (Fsp3) is 0.312. The Kier molecular flexibility index (Phi) is 3.31. The molecule has 8 heteroatoms. The van der Waals surface area contributed by atoms with Crippen LogP contribution >= 0.6 is 0 Å². The lowest BCUT2D eigenvalue weighted by Crippen LogP contribution is -2.40. The minimum atomic E-state index is -4.40. The number of morpholine rings is 1. The molecule has 1 aliphatic rings. The fourth-order valence-corrected chi connectivity index (χ4v) is 2.88. The number of H-pyrrole nitrogens is 1. The highest BCUT2D eigenvalue weighted by Gasteiger charge is 2.31. The van der Waals surface area contributed by atoms with E-state index >= 15 is 0 Å². The fourth-order valence-electron chi connectivity index (χ4n) is 2.88. The number of amides is 1. The van der Waals surface area contributed by atoms with Crippen molar-refractivity contribution in [2.24, 2.45) is 0 Å². The van der Waals surface area contributed by atoms with Crippen molar-refractivity contribution < 1.29 is 27.1 Å². The van der Waals surface area contributed by atoms with Gasteiger partial charge in [-0.1, -0.05) is 0 Å². The van der Waals surface area contributed by atoms with Crippen molar-refractivity contribution in [1.82, 2.24) is 9.88 Å². The van der Waals surface area contributed by atoms with E-state index in [4.69, 9.17) is 9.15 Å². The van der Waals surface area contributed by atoms with Gasteiger partial charge in [-0.15, -0.1) is 0 Å². The molecule has 3 aromatic rings. The van der Waals surface area contributed by atoms with Crippen LogP contribution in [0.15, 0.2) is 28.7 Å². The standard InChI is InChI=1S/C16H13F3N2O3/c17-16(18,19)9-1-2-10-11(7-9)20-12-8-13(24-14(10)12)15(22)21-3-5-23-6-4-21/h1-2,7-8,20H,3-6H2. The van der Waals surface area contributed by atoms with Crippen molar-refractivity contribution in [3.8, 4) is 0 Å². The van der Waals surface area contributed by atoms with Crippen LogP contribution < -0.4 is 0 Å². The number of alkyl halides is 3. The van der Waals surface area contributed by atoms with E-state index < -0.39 is 11.7 Å². The quantitative estimate of drug-likeness (QED) is 0.740. The molecule has 0 bridgehead atoms. The SMILES string of the molecule is O=C(c1cc2[nH]c3cc(C(F)(F)F)ccc3c2o1)N1CCOCC1. The Hall–Kier alpha value is -2.48. The van der Waals surface area contributed by atoms with Crippen LogP contribution in [0.1, 0.15) is 16.1 Å². The van der Waals surface area contributed by atoms with Crippen LogP contribution in [-0.2, 0) is 10.9 Å². The number of carbonyl (C=O) groups excluding carboxylic acids is 1. The lowest BCUT2D eigenvalue weighted by atomic mass is 10.1. The van der Waals surface area contributed by atoms with Crippen molar-refractivity contribution in [2.45, 2.75) is 6.18 Å². The Bertz CT molecular complexity index is 920. The number of hydrogen-bond donors (Lipinski definition) is 1. The maximum absolute atomic E-state index is 12.8. The van der Waals surface area contributed by atoms with Crippen LogP contribution in [0.25, 0.3) is 22.0 Å². The van der Waals surface area contributed by atoms with E-state index in [9.17, 15) is 18.0 Å². The van der Waals surface area contributed by atoms with Crippen molar-refractivity contribution in [2.75, 3.05) is 26.3 Å². The number of carbonyl (C=O) groups is 1. The number of nitrogens with zero attached hydrogens (tertiary/aromatic N) is 1. The van der Waals surface area contributed by atoms with Gasteiger partial charge in [0.05, 0.1) is 29.8 Å². The first-order valence-electron chi connectivity index (χ1n) is 7.43. The van der Waals surface area contributed by atoms with Gasteiger partial charge in [-0.25, -0.2) is 0 Å². The Morgan fingerprint density at radius 2 is 1.88 bits per heavy atom. The monoisotopic (exact) mass is 338 g/mol. The summed E-state index contributed by atoms with van der Waals surface area (Å²) in [6.45, 7) is 1.94. The summed E-state index contributed by atoms with van der Waals surface area (Å²) in [4.78, 5) is 16.9. The molecule has 4 rings (SSSR count). The van der Waals surface area contributed by atoms with Crippen LogP contribution in [0.3, 0.4) is 0 Å². The first-order valence-corrected chi connectivity index (χ1v) is 7.43. The van der Waals surface area contributed by atoms with Gasteiger partial charge in [0.2, 0.25) is 0 Å². The Balaban J connectivity index is 1.72. The molecular formula is C16H13F3N2O3. The molecule has 24 heavy (non-hydrogen) atoms. The van der Waals surface area contributed by atoms with Gasteiger partial charge in [0.1, 0.15) is 0 Å². The van der Waals surface area contributed by atoms with Gasteiger partial charge in [-0.05, 0) is 18.2 Å². The minimum absolute atomic E-state index is 0.167. The molecule has 2 aromatic heterocycles. The average molecular weight is 338 g/mol. The van der Waals surface area contributed by atoms with Crippen molar-refractivity contribution in [3.63, 3.8) is 0 Å². The summed E-state index contributed by atoms with van der Waals surface area (Å²) in [7, 11) is 0. The summed E-state index contributed by atoms with van der Waals surface area (Å²) in [5.41, 5.74) is 0.476. The second kappa shape index (κ2) is 5.27. The molecule has 1 aromatic carbocycles. The van der Waals surface area contributed by atoms with Crippen molar-refractivity contribution >= 4 is 27.9 Å². The number of fused-ring (bicyclic) bond motifs is 3. The number of ether oxygens (including phenoxy) is 1. The number of aromatic amines is 1. The van der Waals surface area contributed by atoms with Crippen LogP contribution in [0.4, 0.5) is 13.2 Å². The van der Waals surface area contributed by atoms with Gasteiger partial charge >= 0.3 is 6.18 Å². The van der Waals surface area contributed by atoms with Gasteiger partial charge in [0, 0.05) is 24.5 Å². The van der Waals surface area contributed by atoms with Gasteiger partial charge < -0.3 is 19.0 Å². The van der Waals surface area contributed by atoms with E-state index in [1.807, 2.05) is 0 Å². The van der Waals surface area contributed by atoms with Crippen molar-refractivity contribution in [3.05, 3.63) is 35.6 Å². The van der Waals surface area contributed by atoms with Crippen LogP contribution in [0.2, 0.25) is 0 Å². The summed E-state index contributed by atoms with van der Waals surface area (Å²) < 4.78 is 49.1. The van der Waals surface area contributed by atoms with E-state index in [2.05, 4.69) is 4.98 Å². The smallest absolute Gasteiger partial charge is 0.416 e. The second-order valence-electron chi connectivity index (χ2n) is 5.64. The van der Waals surface area contributed by atoms with Crippen LogP contribution in [0, 0.1) is 0 Å². The summed E-state index contributed by atoms with van der Waals surface area (Å²) >= 11 is 0. The van der Waals surface area contributed by atoms with E-state index in [0.717, 1.165) is 12.1 Å². The van der Waals surface area contributed by atoms with E-state index in [-0.39, 0.29) is 11.7 Å². The van der Waals surface area contributed by atoms with E-state index in [1.165, 1.54) is 12.1 Å². The molecule has 0 saturated carbocycles. The molecule has 1 aliphatic heterocycles. The molecule has 1 N–H and O–H groups in total. The number of benzene rings is 1. The molecule has 1 fully saturated rings. The third kappa shape index (κ3) is 2.43. The Morgan fingerprint density at radius 1 is 1.12 bits per heavy atom. The molecule has 0 atom stereocenters. The van der Waals surface area contributed by atoms with E-state index in [0.29, 0.717) is 48.3 Å². The molecule has 0 spiro atoms. The lowest BCUT2D eigenvalue weighted by molar-refractivity contribution is -0.137. The molecule has 5 nitrogen and oxygen atoms in total. The number of aromatic nitrogens is 1. The lowest BCUT2D eigenvalue weighted by Gasteiger charge is -2.25. The molecule has 3 heterocycles. The summed E-state index contributed by atoms with van der Waals surface area (Å²) in [6.07, 6.45) is -4.40. The molecular weight excluding hydrogens is 325 g/mol. The first-order chi connectivity index (χ1) is 11.4. The number of furan rings is 1. The molecule has 126 valence electrons. The maximum atomic E-state index is 12.8. The van der Waals surface area contributed by atoms with Crippen LogP contribution in [0.5, 0.6) is 0 Å². The first kappa shape index (κ1) is 15.1. The second-order valence-corrected chi connectivity index (χ2v) is 5.64. The van der Waals surface area contributed by atoms with Gasteiger partial charge in [0.15, 0.2) is 11.3 Å². The topological polar surface area (TPSA) is 58.5 Å². The molecule has 1 amide bonds. The number of rotatable bonds is 1. The summed E-state index contributed by atoms with van der Waals surface area (Å²) in [5.74, 6) is -0.0806. The maximum Gasteiger partial charge on any atom is 0.416 e. The number of hydrogen-bond acceptors (Lipinski definition) is 3. The predicted octanol–water partition coefficient (Wildman–Crippen LogP) is 3.41. The number of nitrogens with one attached hydrogen (secondary N) is 1. The highest BCUT2D eigenvalue weighted by atomic mass is 19.4. The minimum Gasteiger partial charge on any atom is -0.449 e. The predicted molar refractivity (Wildman–Crippen MR) is 79.8 cm³/mol. The zero-order chi connectivity index (χ0) is 16.9. The Morgan fingerprint density at radius 3 is 2.58 bits per heavy atom. The highest BCUT2D eigenvalue weighted by Crippen LogP contribution is 2.34. The van der Waals surface area contributed by atoms with Crippen molar-refractivity contribution in [1.29, 1.82) is 0 Å². The molecule has 0 radical (unpaired) electrons. The van der Waals surface area contributed by atoms with Gasteiger partial charge in [-0.3, -0.25) is 4.79 Å². The van der Waals surface area contributed by atoms with Gasteiger partial charge in [-0.2, -0.15) is 13.2 Å². The third-order valence-electron chi connectivity index (χ3n) is 4.10. The van der Waals surface area contributed by atoms with Crippen LogP contribution in [-0.4, -0.2) is 42.1 Å². The normalized spacial score (nSPS) is 16.2. The molecule has 0 unspecified atom stereocenters. The number of halogens is 3. The summed E-state index contributed by atoms with van der Waals surface area (Å²) in [6, 6.07) is 4.92. The average Bonchev–Trinajstić information content (AvgIpc) is 3.11. The zero-order valence-electron chi connectivity index (χ0n) is 12.4. The third-order valence-corrected chi connectivity index (χ3v) is 4.10. The van der Waals surface area contributed by atoms with Gasteiger partial charge in [0.25, 0.3) is 5.91 Å². The zero-order valence-corrected chi connectivity index (χ0v) is 12.4. The van der Waals surface area contributed by atoms with E-state index in [1.54, 1.807) is 4.90 Å².